The molecule has 0 radical (unpaired) electrons. The molecule has 0 heterocycles. The predicted molar refractivity (Wildman–Crippen MR) is 97.3 cm³/mol. The zero-order valence-corrected chi connectivity index (χ0v) is 15.8. The maximum atomic E-state index is 10.2. The zero-order chi connectivity index (χ0) is 17.6. The van der Waals surface area contributed by atoms with E-state index in [2.05, 4.69) is 35.5 Å². The first-order chi connectivity index (χ1) is 10.7. The van der Waals surface area contributed by atoms with Crippen LogP contribution in [0.3, 0.4) is 0 Å². The number of aliphatic hydroxyl groups excluding tert-OH is 2. The van der Waals surface area contributed by atoms with Gasteiger partial charge >= 0.3 is 0 Å². The van der Waals surface area contributed by atoms with Crippen LogP contribution in [-0.4, -0.2) is 21.4 Å². The standard InChI is InChI=1S/C19H27BrO3/c1-12(2)14(10-19(23)13(3)4)6-5-7-17(21)16-11-15(20)8-9-18(16)22/h5,8-9,11-13,17,19,21-23H,7,10H2,1-4H3/t6?,17-,19-/m1/s1. The number of phenols is 1. The Kier molecular flexibility index (Phi) is 8.07. The fourth-order valence-electron chi connectivity index (χ4n) is 2.14. The molecule has 128 valence electrons. The van der Waals surface area contributed by atoms with Gasteiger partial charge < -0.3 is 15.3 Å². The highest BCUT2D eigenvalue weighted by atomic mass is 79.9. The van der Waals surface area contributed by atoms with Crippen LogP contribution in [-0.2, 0) is 0 Å². The average molecular weight is 383 g/mol. The van der Waals surface area contributed by atoms with Gasteiger partial charge in [-0.15, -0.1) is 5.73 Å². The number of halogens is 1. The van der Waals surface area contributed by atoms with Crippen LogP contribution < -0.4 is 0 Å². The lowest BCUT2D eigenvalue weighted by Gasteiger charge is -2.17. The molecule has 0 bridgehead atoms. The molecule has 4 heteroatoms. The summed E-state index contributed by atoms with van der Waals surface area (Å²) in [6.45, 7) is 8.12. The summed E-state index contributed by atoms with van der Waals surface area (Å²) in [6, 6.07) is 5.00. The van der Waals surface area contributed by atoms with Gasteiger partial charge in [-0.05, 0) is 41.7 Å². The van der Waals surface area contributed by atoms with Gasteiger partial charge in [0.1, 0.15) is 5.75 Å². The Bertz CT molecular complexity index is 572. The van der Waals surface area contributed by atoms with E-state index in [0.717, 1.165) is 10.0 Å². The molecule has 1 aromatic rings. The topological polar surface area (TPSA) is 60.7 Å². The van der Waals surface area contributed by atoms with E-state index >= 15 is 0 Å². The number of aliphatic hydroxyl groups is 2. The molecule has 0 amide bonds. The van der Waals surface area contributed by atoms with Crippen LogP contribution in [0.1, 0.15) is 52.2 Å². The largest absolute Gasteiger partial charge is 0.508 e. The second kappa shape index (κ2) is 9.29. The molecule has 1 aromatic carbocycles. The summed E-state index contributed by atoms with van der Waals surface area (Å²) < 4.78 is 0.812. The molecule has 3 N–H and O–H groups in total. The van der Waals surface area contributed by atoms with E-state index in [-0.39, 0.29) is 23.7 Å². The summed E-state index contributed by atoms with van der Waals surface area (Å²) in [5, 5.41) is 30.1. The van der Waals surface area contributed by atoms with Crippen molar-refractivity contribution in [1.82, 2.24) is 0 Å². The van der Waals surface area contributed by atoms with Gasteiger partial charge in [-0.1, -0.05) is 43.6 Å². The minimum Gasteiger partial charge on any atom is -0.508 e. The summed E-state index contributed by atoms with van der Waals surface area (Å²) in [5.74, 6) is 0.572. The van der Waals surface area contributed by atoms with Crippen molar-refractivity contribution in [2.75, 3.05) is 0 Å². The third-order valence-corrected chi connectivity index (χ3v) is 4.37. The Hall–Kier alpha value is -1.06. The quantitative estimate of drug-likeness (QED) is 0.597. The van der Waals surface area contributed by atoms with E-state index in [1.54, 1.807) is 24.3 Å². The van der Waals surface area contributed by atoms with Crippen molar-refractivity contribution in [3.8, 4) is 5.75 Å². The maximum Gasteiger partial charge on any atom is 0.121 e. The molecule has 0 aliphatic carbocycles. The van der Waals surface area contributed by atoms with Crippen molar-refractivity contribution in [3.05, 3.63) is 45.6 Å². The molecule has 0 unspecified atom stereocenters. The molecule has 0 spiro atoms. The van der Waals surface area contributed by atoms with Gasteiger partial charge in [0.05, 0.1) is 12.2 Å². The van der Waals surface area contributed by atoms with Gasteiger partial charge in [0, 0.05) is 22.9 Å². The van der Waals surface area contributed by atoms with Crippen LogP contribution in [0, 0.1) is 11.8 Å². The van der Waals surface area contributed by atoms with Gasteiger partial charge in [0.25, 0.3) is 0 Å². The van der Waals surface area contributed by atoms with E-state index in [9.17, 15) is 15.3 Å². The number of benzene rings is 1. The Balaban J connectivity index is 2.85. The molecule has 0 aliphatic heterocycles. The van der Waals surface area contributed by atoms with Crippen LogP contribution in [0.25, 0.3) is 0 Å². The fraction of sp³-hybridized carbons (Fsp3) is 0.526. The maximum absolute atomic E-state index is 10.2. The van der Waals surface area contributed by atoms with Crippen molar-refractivity contribution in [1.29, 1.82) is 0 Å². The van der Waals surface area contributed by atoms with Crippen LogP contribution in [0.5, 0.6) is 5.75 Å². The van der Waals surface area contributed by atoms with Crippen molar-refractivity contribution < 1.29 is 15.3 Å². The molecule has 2 atom stereocenters. The molecular weight excluding hydrogens is 356 g/mol. The van der Waals surface area contributed by atoms with Crippen molar-refractivity contribution in [2.45, 2.75) is 52.7 Å². The van der Waals surface area contributed by atoms with Gasteiger partial charge in [-0.3, -0.25) is 0 Å². The van der Waals surface area contributed by atoms with Gasteiger partial charge in [-0.25, -0.2) is 0 Å². The molecule has 0 aromatic heterocycles. The lowest BCUT2D eigenvalue weighted by Crippen LogP contribution is -2.16. The number of rotatable bonds is 7. The Morgan fingerprint density at radius 3 is 2.43 bits per heavy atom. The monoisotopic (exact) mass is 382 g/mol. The van der Waals surface area contributed by atoms with E-state index in [1.165, 1.54) is 0 Å². The summed E-state index contributed by atoms with van der Waals surface area (Å²) >= 11 is 3.34. The SMILES string of the molecule is CC(C)C(=C=CC[C@@H](O)c1cc(Br)ccc1O)C[C@@H](O)C(C)C. The second-order valence-corrected chi connectivity index (χ2v) is 7.41. The zero-order valence-electron chi connectivity index (χ0n) is 14.3. The summed E-state index contributed by atoms with van der Waals surface area (Å²) in [7, 11) is 0. The van der Waals surface area contributed by atoms with Crippen LogP contribution >= 0.6 is 15.9 Å². The first kappa shape index (κ1) is 20.0. The highest BCUT2D eigenvalue weighted by molar-refractivity contribution is 9.10. The Morgan fingerprint density at radius 2 is 1.87 bits per heavy atom. The molecular formula is C19H27BrO3. The van der Waals surface area contributed by atoms with E-state index < -0.39 is 6.10 Å². The van der Waals surface area contributed by atoms with Crippen molar-refractivity contribution in [3.63, 3.8) is 0 Å². The van der Waals surface area contributed by atoms with E-state index in [4.69, 9.17) is 0 Å². The summed E-state index contributed by atoms with van der Waals surface area (Å²) in [5.41, 5.74) is 4.75. The minimum absolute atomic E-state index is 0.0809. The molecule has 0 fully saturated rings. The smallest absolute Gasteiger partial charge is 0.121 e. The normalized spacial score (nSPS) is 13.8. The van der Waals surface area contributed by atoms with E-state index in [1.807, 2.05) is 13.8 Å². The average Bonchev–Trinajstić information content (AvgIpc) is 2.47. The first-order valence-corrected chi connectivity index (χ1v) is 8.80. The lowest BCUT2D eigenvalue weighted by molar-refractivity contribution is 0.123. The summed E-state index contributed by atoms with van der Waals surface area (Å²) in [6.07, 6.45) is 1.56. The number of hydrogen-bond donors (Lipinski definition) is 3. The Morgan fingerprint density at radius 1 is 1.22 bits per heavy atom. The van der Waals surface area contributed by atoms with Gasteiger partial charge in [0.15, 0.2) is 0 Å². The highest BCUT2D eigenvalue weighted by Crippen LogP contribution is 2.29. The molecule has 0 aliphatic rings. The third kappa shape index (κ3) is 6.52. The number of phenolic OH excluding ortho intramolecular Hbond substituents is 1. The summed E-state index contributed by atoms with van der Waals surface area (Å²) in [4.78, 5) is 0. The van der Waals surface area contributed by atoms with Crippen LogP contribution in [0.15, 0.2) is 40.1 Å². The fourth-order valence-corrected chi connectivity index (χ4v) is 2.52. The van der Waals surface area contributed by atoms with Crippen molar-refractivity contribution in [2.24, 2.45) is 11.8 Å². The van der Waals surface area contributed by atoms with Crippen LogP contribution in [0.2, 0.25) is 0 Å². The number of aromatic hydroxyl groups is 1. The number of hydrogen-bond acceptors (Lipinski definition) is 3. The highest BCUT2D eigenvalue weighted by Gasteiger charge is 2.14. The predicted octanol–water partition coefficient (Wildman–Crippen LogP) is 4.72. The van der Waals surface area contributed by atoms with Gasteiger partial charge in [-0.2, -0.15) is 0 Å². The minimum atomic E-state index is -0.788. The molecule has 3 nitrogen and oxygen atoms in total. The van der Waals surface area contributed by atoms with Crippen LogP contribution in [0.4, 0.5) is 0 Å². The van der Waals surface area contributed by atoms with Crippen molar-refractivity contribution >= 4 is 15.9 Å². The Labute approximate surface area is 147 Å². The first-order valence-electron chi connectivity index (χ1n) is 8.00. The second-order valence-electron chi connectivity index (χ2n) is 6.50. The molecule has 0 saturated heterocycles. The lowest BCUT2D eigenvalue weighted by atomic mass is 9.93. The third-order valence-electron chi connectivity index (χ3n) is 3.87. The van der Waals surface area contributed by atoms with E-state index in [0.29, 0.717) is 18.4 Å². The molecule has 0 saturated carbocycles. The van der Waals surface area contributed by atoms with Gasteiger partial charge in [0.2, 0.25) is 0 Å². The molecule has 23 heavy (non-hydrogen) atoms. The molecule has 1 rings (SSSR count).